The van der Waals surface area contributed by atoms with Crippen LogP contribution in [0.3, 0.4) is 0 Å². The molecule has 2 rings (SSSR count). The third-order valence-electron chi connectivity index (χ3n) is 3.67. The summed E-state index contributed by atoms with van der Waals surface area (Å²) in [5.41, 5.74) is 0.426. The topological polar surface area (TPSA) is 29.0 Å². The highest BCUT2D eigenvalue weighted by molar-refractivity contribution is 9.10. The van der Waals surface area contributed by atoms with Crippen molar-refractivity contribution in [2.75, 3.05) is 18.0 Å². The van der Waals surface area contributed by atoms with Crippen LogP contribution in [0.4, 0.5) is 5.82 Å². The molecule has 0 spiro atoms. The molecule has 0 amide bonds. The Bertz CT molecular complexity index is 378. The van der Waals surface area contributed by atoms with Crippen molar-refractivity contribution < 1.29 is 0 Å². The SMILES string of the molecule is CC(C)(C)C1CCN(c2ncncc2Br)CC1. The van der Waals surface area contributed by atoms with Crippen LogP contribution in [0.5, 0.6) is 0 Å². The van der Waals surface area contributed by atoms with Gasteiger partial charge in [-0.1, -0.05) is 20.8 Å². The fourth-order valence-electron chi connectivity index (χ4n) is 2.50. The minimum atomic E-state index is 0.426. The van der Waals surface area contributed by atoms with Crippen molar-refractivity contribution in [1.29, 1.82) is 0 Å². The first-order chi connectivity index (χ1) is 7.98. The minimum absolute atomic E-state index is 0.426. The van der Waals surface area contributed by atoms with Gasteiger partial charge in [0.15, 0.2) is 0 Å². The van der Waals surface area contributed by atoms with E-state index in [-0.39, 0.29) is 0 Å². The standard InChI is InChI=1S/C13H20BrN3/c1-13(2,3)10-4-6-17(7-5-10)12-11(14)8-15-9-16-12/h8-10H,4-7H2,1-3H3. The Morgan fingerprint density at radius 1 is 1.29 bits per heavy atom. The van der Waals surface area contributed by atoms with Crippen LogP contribution in [0.15, 0.2) is 17.0 Å². The van der Waals surface area contributed by atoms with Gasteiger partial charge in [-0.25, -0.2) is 9.97 Å². The van der Waals surface area contributed by atoms with Crippen LogP contribution >= 0.6 is 15.9 Å². The highest BCUT2D eigenvalue weighted by atomic mass is 79.9. The van der Waals surface area contributed by atoms with Gasteiger partial charge in [0.1, 0.15) is 12.1 Å². The molecule has 2 heterocycles. The third-order valence-corrected chi connectivity index (χ3v) is 4.23. The van der Waals surface area contributed by atoms with Crippen molar-refractivity contribution in [2.24, 2.45) is 11.3 Å². The van der Waals surface area contributed by atoms with E-state index in [2.05, 4.69) is 51.6 Å². The molecule has 1 fully saturated rings. The Morgan fingerprint density at radius 3 is 2.47 bits per heavy atom. The molecule has 0 atom stereocenters. The zero-order chi connectivity index (χ0) is 12.5. The van der Waals surface area contributed by atoms with E-state index in [4.69, 9.17) is 0 Å². The maximum atomic E-state index is 4.36. The van der Waals surface area contributed by atoms with Gasteiger partial charge in [-0.3, -0.25) is 0 Å². The largest absolute Gasteiger partial charge is 0.356 e. The molecule has 4 heteroatoms. The number of halogens is 1. The zero-order valence-electron chi connectivity index (χ0n) is 10.8. The zero-order valence-corrected chi connectivity index (χ0v) is 12.4. The number of nitrogens with zero attached hydrogens (tertiary/aromatic N) is 3. The maximum Gasteiger partial charge on any atom is 0.146 e. The summed E-state index contributed by atoms with van der Waals surface area (Å²) >= 11 is 3.52. The van der Waals surface area contributed by atoms with Crippen LogP contribution in [0.25, 0.3) is 0 Å². The molecule has 3 nitrogen and oxygen atoms in total. The Labute approximate surface area is 112 Å². The van der Waals surface area contributed by atoms with E-state index in [1.165, 1.54) is 12.8 Å². The molecule has 1 aliphatic heterocycles. The maximum absolute atomic E-state index is 4.36. The first-order valence-electron chi connectivity index (χ1n) is 6.19. The minimum Gasteiger partial charge on any atom is -0.356 e. The molecule has 0 radical (unpaired) electrons. The van der Waals surface area contributed by atoms with Crippen molar-refractivity contribution in [1.82, 2.24) is 9.97 Å². The van der Waals surface area contributed by atoms with E-state index in [0.29, 0.717) is 5.41 Å². The summed E-state index contributed by atoms with van der Waals surface area (Å²) in [6, 6.07) is 0. The lowest BCUT2D eigenvalue weighted by molar-refractivity contribution is 0.198. The summed E-state index contributed by atoms with van der Waals surface area (Å²) in [6.45, 7) is 9.21. The smallest absolute Gasteiger partial charge is 0.146 e. The Balaban J connectivity index is 2.03. The molecule has 94 valence electrons. The van der Waals surface area contributed by atoms with Gasteiger partial charge in [-0.15, -0.1) is 0 Å². The average molecular weight is 298 g/mol. The van der Waals surface area contributed by atoms with E-state index in [1.54, 1.807) is 6.33 Å². The second-order valence-corrected chi connectivity index (χ2v) is 6.68. The fourth-order valence-corrected chi connectivity index (χ4v) is 2.97. The Hall–Kier alpha value is -0.640. The Morgan fingerprint density at radius 2 is 1.94 bits per heavy atom. The molecule has 0 bridgehead atoms. The second kappa shape index (κ2) is 4.92. The molecule has 0 saturated carbocycles. The molecule has 1 aromatic rings. The average Bonchev–Trinajstić information content (AvgIpc) is 2.29. The van der Waals surface area contributed by atoms with Crippen molar-refractivity contribution >= 4 is 21.7 Å². The molecular weight excluding hydrogens is 278 g/mol. The van der Waals surface area contributed by atoms with E-state index < -0.39 is 0 Å². The second-order valence-electron chi connectivity index (χ2n) is 5.82. The van der Waals surface area contributed by atoms with Gasteiger partial charge in [-0.2, -0.15) is 0 Å². The molecule has 0 aromatic carbocycles. The number of aromatic nitrogens is 2. The molecule has 1 aliphatic rings. The number of anilines is 1. The predicted molar refractivity (Wildman–Crippen MR) is 74.1 cm³/mol. The first-order valence-corrected chi connectivity index (χ1v) is 6.98. The lowest BCUT2D eigenvalue weighted by Crippen LogP contribution is -2.38. The van der Waals surface area contributed by atoms with E-state index in [0.717, 1.165) is 29.3 Å². The summed E-state index contributed by atoms with van der Waals surface area (Å²) in [7, 11) is 0. The van der Waals surface area contributed by atoms with Gasteiger partial charge < -0.3 is 4.90 Å². The van der Waals surface area contributed by atoms with Crippen molar-refractivity contribution in [3.8, 4) is 0 Å². The molecule has 1 aromatic heterocycles. The summed E-state index contributed by atoms with van der Waals surface area (Å²) in [5, 5.41) is 0. The van der Waals surface area contributed by atoms with E-state index in [1.807, 2.05) is 6.20 Å². The number of hydrogen-bond donors (Lipinski definition) is 0. The van der Waals surface area contributed by atoms with Crippen molar-refractivity contribution in [2.45, 2.75) is 33.6 Å². The highest BCUT2D eigenvalue weighted by Gasteiger charge is 2.29. The van der Waals surface area contributed by atoms with Gasteiger partial charge >= 0.3 is 0 Å². The molecule has 1 saturated heterocycles. The number of piperidine rings is 1. The number of rotatable bonds is 1. The van der Waals surface area contributed by atoms with Crippen LogP contribution < -0.4 is 4.90 Å². The van der Waals surface area contributed by atoms with Crippen molar-refractivity contribution in [3.63, 3.8) is 0 Å². The summed E-state index contributed by atoms with van der Waals surface area (Å²) in [4.78, 5) is 10.7. The van der Waals surface area contributed by atoms with Gasteiger partial charge in [0.05, 0.1) is 4.47 Å². The molecule has 0 aliphatic carbocycles. The summed E-state index contributed by atoms with van der Waals surface area (Å²) in [6.07, 6.45) is 5.94. The van der Waals surface area contributed by atoms with E-state index >= 15 is 0 Å². The quantitative estimate of drug-likeness (QED) is 0.794. The van der Waals surface area contributed by atoms with Crippen LogP contribution in [0, 0.1) is 11.3 Å². The third kappa shape index (κ3) is 2.97. The lowest BCUT2D eigenvalue weighted by Gasteiger charge is -2.39. The Kier molecular flexibility index (Phi) is 3.71. The van der Waals surface area contributed by atoms with Crippen LogP contribution in [0.1, 0.15) is 33.6 Å². The van der Waals surface area contributed by atoms with Gasteiger partial charge in [0.2, 0.25) is 0 Å². The van der Waals surface area contributed by atoms with Crippen LogP contribution in [-0.4, -0.2) is 23.1 Å². The highest BCUT2D eigenvalue weighted by Crippen LogP contribution is 2.36. The predicted octanol–water partition coefficient (Wildman–Crippen LogP) is 3.50. The molecule has 0 N–H and O–H groups in total. The van der Waals surface area contributed by atoms with Crippen LogP contribution in [0.2, 0.25) is 0 Å². The first kappa shape index (κ1) is 12.8. The van der Waals surface area contributed by atoms with E-state index in [9.17, 15) is 0 Å². The lowest BCUT2D eigenvalue weighted by atomic mass is 9.75. The van der Waals surface area contributed by atoms with Crippen LogP contribution in [-0.2, 0) is 0 Å². The van der Waals surface area contributed by atoms with Crippen molar-refractivity contribution in [3.05, 3.63) is 17.0 Å². The van der Waals surface area contributed by atoms with Gasteiger partial charge in [-0.05, 0) is 40.1 Å². The molecule has 17 heavy (non-hydrogen) atoms. The van der Waals surface area contributed by atoms with Gasteiger partial charge in [0, 0.05) is 19.3 Å². The normalized spacial score (nSPS) is 18.5. The summed E-state index contributed by atoms with van der Waals surface area (Å²) in [5.74, 6) is 1.85. The monoisotopic (exact) mass is 297 g/mol. The number of hydrogen-bond acceptors (Lipinski definition) is 3. The fraction of sp³-hybridized carbons (Fsp3) is 0.692. The molecule has 0 unspecified atom stereocenters. The molecular formula is C13H20BrN3. The summed E-state index contributed by atoms with van der Waals surface area (Å²) < 4.78 is 0.995. The van der Waals surface area contributed by atoms with Gasteiger partial charge in [0.25, 0.3) is 0 Å².